The Morgan fingerprint density at radius 3 is 2.29 bits per heavy atom. The molecule has 0 heterocycles. The minimum absolute atomic E-state index is 0.0196. The Morgan fingerprint density at radius 2 is 1.86 bits per heavy atom. The standard InChI is InChI=1S/C7H13NO5S/c1-14(12,13)5-4-8-3-2-6(9)7(10)11/h8H,2-5H2,1H3,(H,10,11). The Labute approximate surface area is 82.2 Å². The van der Waals surface area contributed by atoms with E-state index in [9.17, 15) is 18.0 Å². The van der Waals surface area contributed by atoms with Crippen LogP contribution >= 0.6 is 0 Å². The van der Waals surface area contributed by atoms with Gasteiger partial charge in [0.05, 0.1) is 5.75 Å². The first-order valence-electron chi connectivity index (χ1n) is 3.97. The molecule has 0 saturated heterocycles. The molecule has 7 heteroatoms. The van der Waals surface area contributed by atoms with Crippen molar-refractivity contribution in [3.63, 3.8) is 0 Å². The molecule has 0 aromatic heterocycles. The van der Waals surface area contributed by atoms with E-state index >= 15 is 0 Å². The van der Waals surface area contributed by atoms with E-state index in [-0.39, 0.29) is 25.3 Å². The molecule has 0 aromatic carbocycles. The molecule has 0 fully saturated rings. The Kier molecular flexibility index (Phi) is 5.32. The van der Waals surface area contributed by atoms with Crippen LogP contribution < -0.4 is 5.32 Å². The summed E-state index contributed by atoms with van der Waals surface area (Å²) in [5.74, 6) is -2.36. The van der Waals surface area contributed by atoms with Crippen LogP contribution in [-0.2, 0) is 19.4 Å². The summed E-state index contributed by atoms with van der Waals surface area (Å²) in [4.78, 5) is 20.6. The molecule has 0 aliphatic rings. The lowest BCUT2D eigenvalue weighted by molar-refractivity contribution is -0.149. The topological polar surface area (TPSA) is 101 Å². The zero-order valence-electron chi connectivity index (χ0n) is 7.82. The number of carbonyl (C=O) groups is 2. The molecule has 0 radical (unpaired) electrons. The first-order chi connectivity index (χ1) is 6.33. The van der Waals surface area contributed by atoms with Crippen LogP contribution in [0.3, 0.4) is 0 Å². The van der Waals surface area contributed by atoms with Crippen molar-refractivity contribution in [1.29, 1.82) is 0 Å². The molecule has 0 amide bonds. The normalized spacial score (nSPS) is 11.2. The molecule has 82 valence electrons. The van der Waals surface area contributed by atoms with Gasteiger partial charge in [0.1, 0.15) is 9.84 Å². The number of ketones is 1. The maximum atomic E-state index is 10.6. The van der Waals surface area contributed by atoms with Crippen molar-refractivity contribution in [2.45, 2.75) is 6.42 Å². The number of carboxylic acid groups (broad SMARTS) is 1. The average Bonchev–Trinajstić information content (AvgIpc) is 2.01. The molecule has 0 aromatic rings. The lowest BCUT2D eigenvalue weighted by Gasteiger charge is -2.01. The summed E-state index contributed by atoms with van der Waals surface area (Å²) in [6.45, 7) is 0.409. The van der Waals surface area contributed by atoms with Gasteiger partial charge in [-0.05, 0) is 0 Å². The van der Waals surface area contributed by atoms with Crippen molar-refractivity contribution in [2.75, 3.05) is 25.1 Å². The highest BCUT2D eigenvalue weighted by Gasteiger charge is 2.09. The monoisotopic (exact) mass is 223 g/mol. The predicted molar refractivity (Wildman–Crippen MR) is 49.8 cm³/mol. The number of carboxylic acids is 1. The van der Waals surface area contributed by atoms with Gasteiger partial charge in [-0.1, -0.05) is 0 Å². The summed E-state index contributed by atoms with van der Waals surface area (Å²) in [5.41, 5.74) is 0. The highest BCUT2D eigenvalue weighted by molar-refractivity contribution is 7.90. The number of Topliss-reactive ketones (excluding diaryl/α,β-unsaturated/α-hetero) is 1. The van der Waals surface area contributed by atoms with E-state index in [1.807, 2.05) is 0 Å². The van der Waals surface area contributed by atoms with Gasteiger partial charge < -0.3 is 10.4 Å². The van der Waals surface area contributed by atoms with Crippen molar-refractivity contribution < 1.29 is 23.1 Å². The lowest BCUT2D eigenvalue weighted by atomic mass is 10.3. The summed E-state index contributed by atoms with van der Waals surface area (Å²) in [6, 6.07) is 0. The van der Waals surface area contributed by atoms with Gasteiger partial charge >= 0.3 is 5.97 Å². The molecule has 0 bridgehead atoms. The molecule has 14 heavy (non-hydrogen) atoms. The lowest BCUT2D eigenvalue weighted by Crippen LogP contribution is -2.26. The minimum atomic E-state index is -3.00. The third-order valence-corrected chi connectivity index (χ3v) is 2.36. The van der Waals surface area contributed by atoms with Gasteiger partial charge in [-0.2, -0.15) is 0 Å². The quantitative estimate of drug-likeness (QED) is 0.409. The second kappa shape index (κ2) is 5.71. The summed E-state index contributed by atoms with van der Waals surface area (Å²) in [5, 5.41) is 10.9. The third kappa shape index (κ3) is 7.69. The zero-order chi connectivity index (χ0) is 11.2. The molecule has 0 aliphatic heterocycles. The Hall–Kier alpha value is -0.950. The van der Waals surface area contributed by atoms with Gasteiger partial charge in [-0.3, -0.25) is 4.79 Å². The highest BCUT2D eigenvalue weighted by atomic mass is 32.2. The van der Waals surface area contributed by atoms with Crippen molar-refractivity contribution in [3.05, 3.63) is 0 Å². The summed E-state index contributed by atoms with van der Waals surface area (Å²) >= 11 is 0. The SMILES string of the molecule is CS(=O)(=O)CCNCCC(=O)C(=O)O. The van der Waals surface area contributed by atoms with Crippen molar-refractivity contribution >= 4 is 21.6 Å². The fourth-order valence-corrected chi connectivity index (χ4v) is 1.21. The van der Waals surface area contributed by atoms with Crippen LogP contribution in [-0.4, -0.2) is 50.4 Å². The largest absolute Gasteiger partial charge is 0.476 e. The zero-order valence-corrected chi connectivity index (χ0v) is 8.63. The molecule has 0 spiro atoms. The first kappa shape index (κ1) is 13.1. The first-order valence-corrected chi connectivity index (χ1v) is 6.03. The fourth-order valence-electron chi connectivity index (χ4n) is 0.691. The van der Waals surface area contributed by atoms with E-state index in [0.29, 0.717) is 0 Å². The van der Waals surface area contributed by atoms with Gasteiger partial charge in [0.25, 0.3) is 0 Å². The molecule has 0 atom stereocenters. The Morgan fingerprint density at radius 1 is 1.29 bits per heavy atom. The van der Waals surface area contributed by atoms with Gasteiger partial charge in [-0.25, -0.2) is 13.2 Å². The Bertz CT molecular complexity index is 308. The number of aliphatic carboxylic acids is 1. The Balaban J connectivity index is 3.49. The smallest absolute Gasteiger partial charge is 0.372 e. The summed E-state index contributed by atoms with van der Waals surface area (Å²) < 4.78 is 21.3. The number of rotatable bonds is 7. The van der Waals surface area contributed by atoms with Gasteiger partial charge in [0.15, 0.2) is 0 Å². The van der Waals surface area contributed by atoms with E-state index in [2.05, 4.69) is 5.32 Å². The summed E-state index contributed by atoms with van der Waals surface area (Å²) in [6.07, 6.45) is 0.982. The van der Waals surface area contributed by atoms with Crippen LogP contribution in [0.4, 0.5) is 0 Å². The van der Waals surface area contributed by atoms with Crippen molar-refractivity contribution in [1.82, 2.24) is 5.32 Å². The van der Waals surface area contributed by atoms with Crippen LogP contribution in [0.1, 0.15) is 6.42 Å². The number of sulfone groups is 1. The van der Waals surface area contributed by atoms with Crippen LogP contribution in [0.5, 0.6) is 0 Å². The molecule has 0 unspecified atom stereocenters. The number of hydrogen-bond acceptors (Lipinski definition) is 5. The molecule has 0 saturated carbocycles. The number of nitrogens with one attached hydrogen (secondary N) is 1. The third-order valence-electron chi connectivity index (χ3n) is 1.42. The van der Waals surface area contributed by atoms with Crippen molar-refractivity contribution in [3.8, 4) is 0 Å². The molecule has 0 rings (SSSR count). The van der Waals surface area contributed by atoms with Crippen LogP contribution in [0.15, 0.2) is 0 Å². The predicted octanol–water partition coefficient (Wildman–Crippen LogP) is -1.34. The molecular weight excluding hydrogens is 210 g/mol. The van der Waals surface area contributed by atoms with Crippen LogP contribution in [0.25, 0.3) is 0 Å². The number of hydrogen-bond donors (Lipinski definition) is 2. The minimum Gasteiger partial charge on any atom is -0.476 e. The van der Waals surface area contributed by atoms with E-state index in [0.717, 1.165) is 6.26 Å². The van der Waals surface area contributed by atoms with Gasteiger partial charge in [0.2, 0.25) is 5.78 Å². The van der Waals surface area contributed by atoms with E-state index < -0.39 is 21.6 Å². The maximum Gasteiger partial charge on any atom is 0.372 e. The van der Waals surface area contributed by atoms with Crippen molar-refractivity contribution in [2.24, 2.45) is 0 Å². The van der Waals surface area contributed by atoms with Gasteiger partial charge in [-0.15, -0.1) is 0 Å². The van der Waals surface area contributed by atoms with Crippen LogP contribution in [0, 0.1) is 0 Å². The molecule has 0 aliphatic carbocycles. The average molecular weight is 223 g/mol. The highest BCUT2D eigenvalue weighted by Crippen LogP contribution is 1.83. The van der Waals surface area contributed by atoms with E-state index in [1.165, 1.54) is 0 Å². The fraction of sp³-hybridized carbons (Fsp3) is 0.714. The van der Waals surface area contributed by atoms with E-state index in [1.54, 1.807) is 0 Å². The second-order valence-corrected chi connectivity index (χ2v) is 5.12. The molecule has 6 nitrogen and oxygen atoms in total. The molecular formula is C7H13NO5S. The van der Waals surface area contributed by atoms with Gasteiger partial charge in [0, 0.05) is 25.8 Å². The second-order valence-electron chi connectivity index (χ2n) is 2.86. The van der Waals surface area contributed by atoms with Crippen LogP contribution in [0.2, 0.25) is 0 Å². The van der Waals surface area contributed by atoms with E-state index in [4.69, 9.17) is 5.11 Å². The maximum absolute atomic E-state index is 10.6. The number of carbonyl (C=O) groups excluding carboxylic acids is 1. The summed E-state index contributed by atoms with van der Waals surface area (Å²) in [7, 11) is -3.00. The molecule has 2 N–H and O–H groups in total.